The molecule has 0 saturated heterocycles. The zero-order valence-electron chi connectivity index (χ0n) is 14.3. The molecule has 2 rings (SSSR count). The van der Waals surface area contributed by atoms with Gasteiger partial charge in [0.2, 0.25) is 0 Å². The van der Waals surface area contributed by atoms with Crippen LogP contribution in [0.25, 0.3) is 0 Å². The van der Waals surface area contributed by atoms with Crippen molar-refractivity contribution in [2.24, 2.45) is 5.10 Å². The predicted molar refractivity (Wildman–Crippen MR) is 96.4 cm³/mol. The zero-order chi connectivity index (χ0) is 18.8. The Morgan fingerprint density at radius 3 is 2.46 bits per heavy atom. The highest BCUT2D eigenvalue weighted by molar-refractivity contribution is 5.89. The van der Waals surface area contributed by atoms with E-state index in [9.17, 15) is 14.7 Å². The van der Waals surface area contributed by atoms with Crippen LogP contribution in [0.5, 0.6) is 11.5 Å². The largest absolute Gasteiger partial charge is 0.508 e. The van der Waals surface area contributed by atoms with Crippen molar-refractivity contribution >= 4 is 18.1 Å². The van der Waals surface area contributed by atoms with Gasteiger partial charge >= 0.3 is 5.97 Å². The molecule has 0 aliphatic carbocycles. The minimum absolute atomic E-state index is 0.157. The fourth-order valence-electron chi connectivity index (χ4n) is 1.89. The molecule has 7 heteroatoms. The fraction of sp³-hybridized carbons (Fsp3) is 0.211. The molecule has 7 nitrogen and oxygen atoms in total. The lowest BCUT2D eigenvalue weighted by molar-refractivity contribution is -0.123. The molecule has 1 amide bonds. The van der Waals surface area contributed by atoms with E-state index < -0.39 is 5.91 Å². The van der Waals surface area contributed by atoms with Gasteiger partial charge in [-0.1, -0.05) is 6.92 Å². The van der Waals surface area contributed by atoms with E-state index in [0.29, 0.717) is 17.9 Å². The first kappa shape index (κ1) is 19.0. The van der Waals surface area contributed by atoms with Gasteiger partial charge in [0.15, 0.2) is 6.61 Å². The summed E-state index contributed by atoms with van der Waals surface area (Å²) in [6, 6.07) is 12.7. The fourth-order valence-corrected chi connectivity index (χ4v) is 1.89. The average Bonchev–Trinajstić information content (AvgIpc) is 2.66. The van der Waals surface area contributed by atoms with Crippen LogP contribution in [0.4, 0.5) is 0 Å². The summed E-state index contributed by atoms with van der Waals surface area (Å²) in [6.07, 6.45) is 2.21. The van der Waals surface area contributed by atoms with Crippen molar-refractivity contribution in [2.75, 3.05) is 13.2 Å². The molecule has 0 aliphatic rings. The Balaban J connectivity index is 1.76. The first-order chi connectivity index (χ1) is 12.6. The molecule has 0 unspecified atom stereocenters. The number of rotatable bonds is 8. The number of phenolic OH excluding ortho intramolecular Hbond substituents is 1. The van der Waals surface area contributed by atoms with Crippen molar-refractivity contribution in [1.82, 2.24) is 5.43 Å². The van der Waals surface area contributed by atoms with Crippen molar-refractivity contribution in [1.29, 1.82) is 0 Å². The third-order valence-corrected chi connectivity index (χ3v) is 3.19. The number of hydrazone groups is 1. The highest BCUT2D eigenvalue weighted by Gasteiger charge is 2.07. The average molecular weight is 356 g/mol. The number of hydrogen-bond donors (Lipinski definition) is 2. The van der Waals surface area contributed by atoms with Crippen LogP contribution in [0.1, 0.15) is 29.3 Å². The van der Waals surface area contributed by atoms with Crippen molar-refractivity contribution < 1.29 is 24.2 Å². The Kier molecular flexibility index (Phi) is 7.17. The summed E-state index contributed by atoms with van der Waals surface area (Å²) >= 11 is 0. The van der Waals surface area contributed by atoms with Crippen LogP contribution in [0, 0.1) is 0 Å². The zero-order valence-corrected chi connectivity index (χ0v) is 14.3. The van der Waals surface area contributed by atoms with Crippen LogP contribution in [0.15, 0.2) is 53.6 Å². The van der Waals surface area contributed by atoms with Crippen LogP contribution < -0.4 is 10.2 Å². The lowest BCUT2D eigenvalue weighted by atomic mass is 10.2. The van der Waals surface area contributed by atoms with Crippen molar-refractivity contribution in [3.63, 3.8) is 0 Å². The van der Waals surface area contributed by atoms with E-state index in [1.54, 1.807) is 36.4 Å². The Labute approximate surface area is 151 Å². The molecular weight excluding hydrogens is 336 g/mol. The number of hydrogen-bond acceptors (Lipinski definition) is 6. The number of esters is 1. The van der Waals surface area contributed by atoms with Crippen LogP contribution in [0.3, 0.4) is 0 Å². The van der Waals surface area contributed by atoms with E-state index in [2.05, 4.69) is 10.5 Å². The molecular formula is C19H20N2O5. The molecule has 0 fully saturated rings. The second-order valence-corrected chi connectivity index (χ2v) is 5.33. The number of carbonyl (C=O) groups excluding carboxylic acids is 2. The molecule has 0 atom stereocenters. The third kappa shape index (κ3) is 6.27. The summed E-state index contributed by atoms with van der Waals surface area (Å²) < 4.78 is 10.4. The maximum absolute atomic E-state index is 11.7. The molecule has 0 saturated carbocycles. The Morgan fingerprint density at radius 1 is 1.12 bits per heavy atom. The van der Waals surface area contributed by atoms with Crippen molar-refractivity contribution in [2.45, 2.75) is 13.3 Å². The standard InChI is InChI=1S/C19H20N2O5/c1-2-11-25-19(24)15-5-9-17(10-6-15)26-13-18(23)21-20-12-14-3-7-16(22)8-4-14/h3-10,12,22H,2,11,13H2,1H3,(H,21,23). The first-order valence-electron chi connectivity index (χ1n) is 8.09. The van der Waals surface area contributed by atoms with Gasteiger partial charge in [-0.25, -0.2) is 10.2 Å². The van der Waals surface area contributed by atoms with E-state index in [4.69, 9.17) is 9.47 Å². The van der Waals surface area contributed by atoms with Gasteiger partial charge in [-0.2, -0.15) is 5.10 Å². The van der Waals surface area contributed by atoms with Gasteiger partial charge in [0.1, 0.15) is 11.5 Å². The van der Waals surface area contributed by atoms with Gasteiger partial charge in [0, 0.05) is 0 Å². The predicted octanol–water partition coefficient (Wildman–Crippen LogP) is 2.49. The van der Waals surface area contributed by atoms with E-state index in [-0.39, 0.29) is 18.3 Å². The van der Waals surface area contributed by atoms with Crippen molar-refractivity contribution in [3.8, 4) is 11.5 Å². The molecule has 0 radical (unpaired) electrons. The van der Waals surface area contributed by atoms with Gasteiger partial charge in [-0.05, 0) is 60.5 Å². The Bertz CT molecular complexity index is 755. The number of benzene rings is 2. The summed E-state index contributed by atoms with van der Waals surface area (Å²) in [6.45, 7) is 2.08. The molecule has 0 aromatic heterocycles. The summed E-state index contributed by atoms with van der Waals surface area (Å²) in [4.78, 5) is 23.4. The molecule has 0 aliphatic heterocycles. The normalized spacial score (nSPS) is 10.5. The molecule has 26 heavy (non-hydrogen) atoms. The minimum atomic E-state index is -0.425. The van der Waals surface area contributed by atoms with Crippen molar-refractivity contribution in [3.05, 3.63) is 59.7 Å². The number of phenols is 1. The van der Waals surface area contributed by atoms with E-state index in [1.165, 1.54) is 18.3 Å². The van der Waals surface area contributed by atoms with E-state index in [1.807, 2.05) is 6.92 Å². The molecule has 2 N–H and O–H groups in total. The molecule has 2 aromatic rings. The maximum Gasteiger partial charge on any atom is 0.338 e. The quantitative estimate of drug-likeness (QED) is 0.430. The highest BCUT2D eigenvalue weighted by atomic mass is 16.5. The molecule has 2 aromatic carbocycles. The number of amides is 1. The highest BCUT2D eigenvalue weighted by Crippen LogP contribution is 2.13. The summed E-state index contributed by atoms with van der Waals surface area (Å²) in [7, 11) is 0. The number of nitrogens with zero attached hydrogens (tertiary/aromatic N) is 1. The molecule has 0 heterocycles. The molecule has 0 bridgehead atoms. The lowest BCUT2D eigenvalue weighted by Gasteiger charge is -2.06. The monoisotopic (exact) mass is 356 g/mol. The third-order valence-electron chi connectivity index (χ3n) is 3.19. The SMILES string of the molecule is CCCOC(=O)c1ccc(OCC(=O)NN=Cc2ccc(O)cc2)cc1. The number of carbonyl (C=O) groups is 2. The number of ether oxygens (including phenoxy) is 2. The minimum Gasteiger partial charge on any atom is -0.508 e. The Hall–Kier alpha value is -3.35. The van der Waals surface area contributed by atoms with Gasteiger partial charge in [0.25, 0.3) is 5.91 Å². The van der Waals surface area contributed by atoms with E-state index in [0.717, 1.165) is 12.0 Å². The number of aromatic hydroxyl groups is 1. The van der Waals surface area contributed by atoms with Crippen LogP contribution >= 0.6 is 0 Å². The van der Waals surface area contributed by atoms with Gasteiger partial charge in [-0.15, -0.1) is 0 Å². The number of nitrogens with one attached hydrogen (secondary N) is 1. The second-order valence-electron chi connectivity index (χ2n) is 5.33. The van der Waals surface area contributed by atoms with Gasteiger partial charge in [-0.3, -0.25) is 4.79 Å². The van der Waals surface area contributed by atoms with Crippen LogP contribution in [-0.2, 0) is 9.53 Å². The molecule has 136 valence electrons. The lowest BCUT2D eigenvalue weighted by Crippen LogP contribution is -2.24. The van der Waals surface area contributed by atoms with Gasteiger partial charge in [0.05, 0.1) is 18.4 Å². The summed E-state index contributed by atoms with van der Waals surface area (Å²) in [5, 5.41) is 13.0. The van der Waals surface area contributed by atoms with E-state index >= 15 is 0 Å². The maximum atomic E-state index is 11.7. The summed E-state index contributed by atoms with van der Waals surface area (Å²) in [5.41, 5.74) is 3.49. The van der Waals surface area contributed by atoms with Crippen LogP contribution in [-0.4, -0.2) is 36.4 Å². The molecule has 0 spiro atoms. The van der Waals surface area contributed by atoms with Gasteiger partial charge < -0.3 is 14.6 Å². The summed E-state index contributed by atoms with van der Waals surface area (Å²) in [5.74, 6) is -0.204. The topological polar surface area (TPSA) is 97.2 Å². The first-order valence-corrected chi connectivity index (χ1v) is 8.09. The smallest absolute Gasteiger partial charge is 0.338 e. The van der Waals surface area contributed by atoms with Crippen LogP contribution in [0.2, 0.25) is 0 Å². The Morgan fingerprint density at radius 2 is 1.81 bits per heavy atom. The second kappa shape index (κ2) is 9.83.